The third-order valence-electron chi connectivity index (χ3n) is 1.05. The van der Waals surface area contributed by atoms with Crippen molar-refractivity contribution in [2.24, 2.45) is 0 Å². The molecule has 0 bridgehead atoms. The van der Waals surface area contributed by atoms with Crippen LogP contribution in [0.1, 0.15) is 26.3 Å². The van der Waals surface area contributed by atoms with Gasteiger partial charge in [0.05, 0.1) is 6.20 Å². The summed E-state index contributed by atoms with van der Waals surface area (Å²) in [5, 5.41) is 7.35. The molecule has 10 heavy (non-hydrogen) atoms. The highest BCUT2D eigenvalue weighted by atomic mass is 15.1. The highest BCUT2D eigenvalue weighted by molar-refractivity contribution is 5.03. The summed E-state index contributed by atoms with van der Waals surface area (Å²) in [5.41, 5.74) is 1.24. The predicted octanol–water partition coefficient (Wildman–Crippen LogP) is 2.07. The van der Waals surface area contributed by atoms with Crippen molar-refractivity contribution in [2.45, 2.75) is 27.2 Å². The van der Waals surface area contributed by atoms with Gasteiger partial charge in [-0.05, 0) is 18.1 Å². The van der Waals surface area contributed by atoms with Gasteiger partial charge in [-0.3, -0.25) is 0 Å². The van der Waals surface area contributed by atoms with Gasteiger partial charge in [-0.25, -0.2) is 0 Å². The number of aromatic nitrogens is 2. The van der Waals surface area contributed by atoms with Crippen molar-refractivity contribution in [3.8, 4) is 0 Å². The summed E-state index contributed by atoms with van der Waals surface area (Å²) in [4.78, 5) is 0. The first kappa shape index (κ1) is 9.08. The minimum atomic E-state index is 1.04. The molecule has 1 aromatic rings. The van der Waals surface area contributed by atoms with Crippen LogP contribution in [0.25, 0.3) is 0 Å². The van der Waals surface area contributed by atoms with Crippen molar-refractivity contribution in [1.82, 2.24) is 10.2 Å². The smallest absolute Gasteiger partial charge is 0.0528 e. The van der Waals surface area contributed by atoms with Gasteiger partial charge >= 0.3 is 0 Å². The molecule has 0 atom stereocenters. The second-order valence-corrected chi connectivity index (χ2v) is 1.60. The van der Waals surface area contributed by atoms with Crippen LogP contribution in [0.2, 0.25) is 0 Å². The Morgan fingerprint density at radius 3 is 2.30 bits per heavy atom. The molecule has 0 aliphatic carbocycles. The van der Waals surface area contributed by atoms with E-state index in [2.05, 4.69) is 17.1 Å². The van der Waals surface area contributed by atoms with Crippen molar-refractivity contribution in [1.29, 1.82) is 0 Å². The molecular formula is C8H14N2. The van der Waals surface area contributed by atoms with E-state index in [0.29, 0.717) is 0 Å². The lowest BCUT2D eigenvalue weighted by Gasteiger charge is -1.87. The summed E-state index contributed by atoms with van der Waals surface area (Å²) in [7, 11) is 0. The summed E-state index contributed by atoms with van der Waals surface area (Å²) in [6.45, 7) is 6.09. The molecule has 2 heteroatoms. The number of hydrogen-bond acceptors (Lipinski definition) is 2. The van der Waals surface area contributed by atoms with Crippen LogP contribution in [-0.2, 0) is 6.42 Å². The number of rotatable bonds is 1. The van der Waals surface area contributed by atoms with E-state index < -0.39 is 0 Å². The van der Waals surface area contributed by atoms with Crippen molar-refractivity contribution >= 4 is 0 Å². The summed E-state index contributed by atoms with van der Waals surface area (Å²) >= 11 is 0. The Labute approximate surface area is 62.3 Å². The van der Waals surface area contributed by atoms with Crippen LogP contribution in [0, 0.1) is 0 Å². The maximum Gasteiger partial charge on any atom is 0.0528 e. The maximum atomic E-state index is 3.71. The molecule has 0 aliphatic rings. The van der Waals surface area contributed by atoms with E-state index in [0.717, 1.165) is 6.42 Å². The fourth-order valence-corrected chi connectivity index (χ4v) is 0.527. The van der Waals surface area contributed by atoms with Crippen LogP contribution in [0.15, 0.2) is 18.5 Å². The van der Waals surface area contributed by atoms with Crippen LogP contribution < -0.4 is 0 Å². The summed E-state index contributed by atoms with van der Waals surface area (Å²) < 4.78 is 0. The Bertz CT molecular complexity index is 149. The molecule has 0 aliphatic heterocycles. The van der Waals surface area contributed by atoms with Crippen LogP contribution in [0.4, 0.5) is 0 Å². The summed E-state index contributed by atoms with van der Waals surface area (Å²) in [6.07, 6.45) is 4.52. The third-order valence-corrected chi connectivity index (χ3v) is 1.05. The highest BCUT2D eigenvalue weighted by Gasteiger charge is 1.82. The van der Waals surface area contributed by atoms with Crippen LogP contribution >= 0.6 is 0 Å². The molecule has 1 heterocycles. The van der Waals surface area contributed by atoms with Crippen LogP contribution in [0.5, 0.6) is 0 Å². The largest absolute Gasteiger partial charge is 0.159 e. The Balaban J connectivity index is 0.000000371. The van der Waals surface area contributed by atoms with Gasteiger partial charge in [0, 0.05) is 6.20 Å². The standard InChI is InChI=1S/C6H8N2.C2H6/c1-2-6-3-4-7-8-5-6;1-2/h3-5H,2H2,1H3;1-2H3. The Kier molecular flexibility index (Phi) is 5.63. The molecule has 0 saturated carbocycles. The zero-order chi connectivity index (χ0) is 7.82. The van der Waals surface area contributed by atoms with Gasteiger partial charge in [-0.2, -0.15) is 10.2 Å². The Hall–Kier alpha value is -0.920. The molecule has 0 fully saturated rings. The van der Waals surface area contributed by atoms with E-state index in [4.69, 9.17) is 0 Å². The van der Waals surface area contributed by atoms with E-state index in [1.54, 1.807) is 12.4 Å². The van der Waals surface area contributed by atoms with Crippen molar-refractivity contribution in [3.63, 3.8) is 0 Å². The molecule has 0 aromatic carbocycles. The minimum absolute atomic E-state index is 1.04. The maximum absolute atomic E-state index is 3.71. The van der Waals surface area contributed by atoms with Gasteiger partial charge in [0.15, 0.2) is 0 Å². The van der Waals surface area contributed by atoms with E-state index in [1.807, 2.05) is 19.9 Å². The first-order chi connectivity index (χ1) is 4.93. The minimum Gasteiger partial charge on any atom is -0.159 e. The van der Waals surface area contributed by atoms with Crippen LogP contribution in [0.3, 0.4) is 0 Å². The average molecular weight is 138 g/mol. The Morgan fingerprint density at radius 1 is 1.30 bits per heavy atom. The molecule has 0 N–H and O–H groups in total. The molecule has 0 spiro atoms. The number of aryl methyl sites for hydroxylation is 1. The SMILES string of the molecule is CC.CCc1ccnnc1. The molecule has 0 radical (unpaired) electrons. The van der Waals surface area contributed by atoms with Gasteiger partial charge in [-0.15, -0.1) is 0 Å². The van der Waals surface area contributed by atoms with E-state index in [1.165, 1.54) is 5.56 Å². The third kappa shape index (κ3) is 3.17. The second kappa shape index (κ2) is 6.20. The number of hydrogen-bond donors (Lipinski definition) is 0. The van der Waals surface area contributed by atoms with Crippen LogP contribution in [-0.4, -0.2) is 10.2 Å². The van der Waals surface area contributed by atoms with Crippen molar-refractivity contribution in [3.05, 3.63) is 24.0 Å². The normalized spacial score (nSPS) is 7.90. The lowest BCUT2D eigenvalue weighted by molar-refractivity contribution is 0.983. The van der Waals surface area contributed by atoms with Gasteiger partial charge in [0.1, 0.15) is 0 Å². The van der Waals surface area contributed by atoms with Crippen molar-refractivity contribution < 1.29 is 0 Å². The first-order valence-electron chi connectivity index (χ1n) is 3.69. The molecule has 0 unspecified atom stereocenters. The van der Waals surface area contributed by atoms with Gasteiger partial charge < -0.3 is 0 Å². The molecule has 2 nitrogen and oxygen atoms in total. The molecule has 0 amide bonds. The molecular weight excluding hydrogens is 124 g/mol. The Morgan fingerprint density at radius 2 is 2.00 bits per heavy atom. The van der Waals surface area contributed by atoms with Gasteiger partial charge in [-0.1, -0.05) is 20.8 Å². The van der Waals surface area contributed by atoms with Crippen molar-refractivity contribution in [2.75, 3.05) is 0 Å². The zero-order valence-corrected chi connectivity index (χ0v) is 6.83. The summed E-state index contributed by atoms with van der Waals surface area (Å²) in [6, 6.07) is 1.97. The number of nitrogens with zero attached hydrogens (tertiary/aromatic N) is 2. The monoisotopic (exact) mass is 138 g/mol. The zero-order valence-electron chi connectivity index (χ0n) is 6.83. The second-order valence-electron chi connectivity index (χ2n) is 1.60. The highest BCUT2D eigenvalue weighted by Crippen LogP contribution is 1.91. The van der Waals surface area contributed by atoms with Gasteiger partial charge in [0.2, 0.25) is 0 Å². The van der Waals surface area contributed by atoms with E-state index >= 15 is 0 Å². The topological polar surface area (TPSA) is 25.8 Å². The van der Waals surface area contributed by atoms with Gasteiger partial charge in [0.25, 0.3) is 0 Å². The predicted molar refractivity (Wildman–Crippen MR) is 42.8 cm³/mol. The molecule has 1 rings (SSSR count). The fraction of sp³-hybridized carbons (Fsp3) is 0.500. The summed E-state index contributed by atoms with van der Waals surface area (Å²) in [5.74, 6) is 0. The molecule has 56 valence electrons. The van der Waals surface area contributed by atoms with E-state index in [9.17, 15) is 0 Å². The average Bonchev–Trinajstić information content (AvgIpc) is 2.10. The van der Waals surface area contributed by atoms with E-state index in [-0.39, 0.29) is 0 Å². The first-order valence-corrected chi connectivity index (χ1v) is 3.69. The lowest BCUT2D eigenvalue weighted by Crippen LogP contribution is -1.82. The molecule has 1 aromatic heterocycles. The quantitative estimate of drug-likeness (QED) is 0.593. The fourth-order valence-electron chi connectivity index (χ4n) is 0.527. The molecule has 0 saturated heterocycles. The lowest BCUT2D eigenvalue weighted by atomic mass is 10.2.